The predicted molar refractivity (Wildman–Crippen MR) is 129 cm³/mol. The van der Waals surface area contributed by atoms with E-state index in [4.69, 9.17) is 4.74 Å². The maximum absolute atomic E-state index is 11.7. The summed E-state index contributed by atoms with van der Waals surface area (Å²) in [5, 5.41) is 6.88. The quantitative estimate of drug-likeness (QED) is 0.305. The highest BCUT2D eigenvalue weighted by molar-refractivity contribution is 6.01. The highest BCUT2D eigenvalue weighted by atomic mass is 16.5. The molecule has 0 saturated carbocycles. The molecular formula is C25H20N6O2. The minimum atomic E-state index is -0.279. The zero-order valence-electron chi connectivity index (χ0n) is 17.8. The number of rotatable bonds is 6. The van der Waals surface area contributed by atoms with Gasteiger partial charge in [0.2, 0.25) is 5.91 Å². The number of nitrogens with one attached hydrogen (secondary N) is 3. The van der Waals surface area contributed by atoms with Crippen LogP contribution in [0.2, 0.25) is 0 Å². The number of fused-ring (bicyclic) bond motifs is 2. The molecule has 0 atom stereocenters. The lowest BCUT2D eigenvalue weighted by Crippen LogP contribution is -2.07. The molecule has 2 aromatic heterocycles. The standard InChI is InChI=1S/C25H20N6O2/c1-3-24(32)30-17-4-7-20-19(11-17)25(29-14-26-20)31-16-5-9-23(15(2)10-16)33-18-6-8-21-22(12-18)28-13-27-21/h3-14H,1H2,2H3,(H,27,28)(H,30,32)(H,26,29,31). The van der Waals surface area contributed by atoms with Gasteiger partial charge >= 0.3 is 0 Å². The number of aromatic amines is 1. The number of amides is 1. The minimum Gasteiger partial charge on any atom is -0.457 e. The summed E-state index contributed by atoms with van der Waals surface area (Å²) in [6.45, 7) is 5.46. The van der Waals surface area contributed by atoms with Crippen molar-refractivity contribution in [3.8, 4) is 11.5 Å². The average Bonchev–Trinajstić information content (AvgIpc) is 3.29. The van der Waals surface area contributed by atoms with Crippen LogP contribution in [0.15, 0.2) is 79.9 Å². The Morgan fingerprint density at radius 1 is 1.00 bits per heavy atom. The Bertz CT molecular complexity index is 1510. The fourth-order valence-electron chi connectivity index (χ4n) is 3.51. The Balaban J connectivity index is 1.40. The summed E-state index contributed by atoms with van der Waals surface area (Å²) in [6.07, 6.45) is 4.39. The first kappa shape index (κ1) is 20.2. The van der Waals surface area contributed by atoms with Crippen molar-refractivity contribution in [2.45, 2.75) is 6.92 Å². The molecule has 8 heteroatoms. The number of carbonyl (C=O) groups excluding carboxylic acids is 1. The summed E-state index contributed by atoms with van der Waals surface area (Å²) >= 11 is 0. The largest absolute Gasteiger partial charge is 0.457 e. The van der Waals surface area contributed by atoms with Crippen molar-refractivity contribution in [3.05, 3.63) is 85.5 Å². The lowest BCUT2D eigenvalue weighted by molar-refractivity contribution is -0.111. The molecule has 5 aromatic rings. The van der Waals surface area contributed by atoms with E-state index in [0.29, 0.717) is 11.5 Å². The molecule has 0 aliphatic carbocycles. The fourth-order valence-corrected chi connectivity index (χ4v) is 3.51. The second-order valence-corrected chi connectivity index (χ2v) is 7.44. The molecule has 0 spiro atoms. The average molecular weight is 436 g/mol. The fraction of sp³-hybridized carbons (Fsp3) is 0.0400. The first-order valence-electron chi connectivity index (χ1n) is 10.3. The molecule has 3 N–H and O–H groups in total. The maximum Gasteiger partial charge on any atom is 0.247 e. The number of imidazole rings is 1. The van der Waals surface area contributed by atoms with Crippen LogP contribution in [0.25, 0.3) is 21.9 Å². The van der Waals surface area contributed by atoms with Gasteiger partial charge in [-0.2, -0.15) is 0 Å². The highest BCUT2D eigenvalue weighted by Crippen LogP contribution is 2.31. The van der Waals surface area contributed by atoms with Crippen LogP contribution in [0.4, 0.5) is 17.2 Å². The Labute approximate surface area is 189 Å². The molecule has 8 nitrogen and oxygen atoms in total. The van der Waals surface area contributed by atoms with E-state index in [1.807, 2.05) is 55.5 Å². The summed E-state index contributed by atoms with van der Waals surface area (Å²) in [7, 11) is 0. The lowest BCUT2D eigenvalue weighted by atomic mass is 10.1. The number of anilines is 3. The van der Waals surface area contributed by atoms with E-state index in [-0.39, 0.29) is 5.91 Å². The third-order valence-electron chi connectivity index (χ3n) is 5.15. The van der Waals surface area contributed by atoms with E-state index < -0.39 is 0 Å². The molecule has 0 aliphatic rings. The molecule has 3 aromatic carbocycles. The molecule has 0 saturated heterocycles. The first-order valence-corrected chi connectivity index (χ1v) is 10.3. The monoisotopic (exact) mass is 436 g/mol. The van der Waals surface area contributed by atoms with Crippen LogP contribution in [0.3, 0.4) is 0 Å². The molecule has 162 valence electrons. The Kier molecular flexibility index (Phi) is 5.16. The smallest absolute Gasteiger partial charge is 0.247 e. The molecule has 0 unspecified atom stereocenters. The number of aryl methyl sites for hydroxylation is 1. The second kappa shape index (κ2) is 8.43. The molecule has 33 heavy (non-hydrogen) atoms. The predicted octanol–water partition coefficient (Wildman–Crippen LogP) is 5.47. The van der Waals surface area contributed by atoms with Gasteiger partial charge in [0, 0.05) is 22.8 Å². The molecular weight excluding hydrogens is 416 g/mol. The second-order valence-electron chi connectivity index (χ2n) is 7.44. The SMILES string of the molecule is C=CC(=O)Nc1ccc2ncnc(Nc3ccc(Oc4ccc5nc[nH]c5c4)c(C)c3)c2c1. The van der Waals surface area contributed by atoms with E-state index in [1.54, 1.807) is 12.4 Å². The number of nitrogens with zero attached hydrogens (tertiary/aromatic N) is 3. The Hall–Kier alpha value is -4.72. The highest BCUT2D eigenvalue weighted by Gasteiger charge is 2.09. The number of ether oxygens (including phenoxy) is 1. The number of aromatic nitrogens is 4. The van der Waals surface area contributed by atoms with Crippen LogP contribution in [0, 0.1) is 6.92 Å². The van der Waals surface area contributed by atoms with E-state index in [0.717, 1.165) is 44.7 Å². The van der Waals surface area contributed by atoms with Gasteiger partial charge in [-0.05, 0) is 67.1 Å². The normalized spacial score (nSPS) is 10.8. The minimum absolute atomic E-state index is 0.279. The summed E-state index contributed by atoms with van der Waals surface area (Å²) in [5.41, 5.74) is 5.02. The third kappa shape index (κ3) is 4.22. The number of hydrogen-bond donors (Lipinski definition) is 3. The van der Waals surface area contributed by atoms with Crippen LogP contribution in [0.5, 0.6) is 11.5 Å². The van der Waals surface area contributed by atoms with E-state index >= 15 is 0 Å². The number of hydrogen-bond acceptors (Lipinski definition) is 6. The zero-order chi connectivity index (χ0) is 22.8. The molecule has 1 amide bonds. The molecule has 0 aliphatic heterocycles. The lowest BCUT2D eigenvalue weighted by Gasteiger charge is -2.13. The maximum atomic E-state index is 11.7. The van der Waals surface area contributed by atoms with Crippen LogP contribution in [-0.2, 0) is 4.79 Å². The van der Waals surface area contributed by atoms with Crippen molar-refractivity contribution in [2.75, 3.05) is 10.6 Å². The Morgan fingerprint density at radius 2 is 1.85 bits per heavy atom. The molecule has 0 bridgehead atoms. The van der Waals surface area contributed by atoms with Crippen molar-refractivity contribution in [1.29, 1.82) is 0 Å². The molecule has 0 fully saturated rings. The molecule has 5 rings (SSSR count). The van der Waals surface area contributed by atoms with E-state index in [1.165, 1.54) is 12.4 Å². The topological polar surface area (TPSA) is 105 Å². The first-order chi connectivity index (χ1) is 16.1. The summed E-state index contributed by atoms with van der Waals surface area (Å²) in [6, 6.07) is 17.0. The van der Waals surface area contributed by atoms with Gasteiger partial charge in [0.15, 0.2) is 0 Å². The summed E-state index contributed by atoms with van der Waals surface area (Å²) in [5.74, 6) is 1.83. The zero-order valence-corrected chi connectivity index (χ0v) is 17.8. The van der Waals surface area contributed by atoms with Gasteiger partial charge in [-0.25, -0.2) is 15.0 Å². The van der Waals surface area contributed by atoms with E-state index in [2.05, 4.69) is 37.1 Å². The van der Waals surface area contributed by atoms with Gasteiger partial charge in [-0.15, -0.1) is 0 Å². The number of carbonyl (C=O) groups is 1. The van der Waals surface area contributed by atoms with Crippen LogP contribution >= 0.6 is 0 Å². The molecule has 2 heterocycles. The van der Waals surface area contributed by atoms with Crippen molar-refractivity contribution in [3.63, 3.8) is 0 Å². The van der Waals surface area contributed by atoms with Crippen LogP contribution in [0.1, 0.15) is 5.56 Å². The van der Waals surface area contributed by atoms with Crippen molar-refractivity contribution < 1.29 is 9.53 Å². The van der Waals surface area contributed by atoms with Gasteiger partial charge in [0.1, 0.15) is 23.6 Å². The van der Waals surface area contributed by atoms with Gasteiger partial charge in [0.05, 0.1) is 22.9 Å². The third-order valence-corrected chi connectivity index (χ3v) is 5.15. The molecule has 0 radical (unpaired) electrons. The number of H-pyrrole nitrogens is 1. The van der Waals surface area contributed by atoms with Crippen LogP contribution in [-0.4, -0.2) is 25.8 Å². The summed E-state index contributed by atoms with van der Waals surface area (Å²) in [4.78, 5) is 27.7. The summed E-state index contributed by atoms with van der Waals surface area (Å²) < 4.78 is 6.08. The van der Waals surface area contributed by atoms with Gasteiger partial charge in [-0.3, -0.25) is 4.79 Å². The van der Waals surface area contributed by atoms with E-state index in [9.17, 15) is 4.79 Å². The van der Waals surface area contributed by atoms with Crippen molar-refractivity contribution >= 4 is 45.0 Å². The Morgan fingerprint density at radius 3 is 2.70 bits per heavy atom. The van der Waals surface area contributed by atoms with Gasteiger partial charge in [0.25, 0.3) is 0 Å². The van der Waals surface area contributed by atoms with Gasteiger partial charge in [-0.1, -0.05) is 6.58 Å². The van der Waals surface area contributed by atoms with Crippen LogP contribution < -0.4 is 15.4 Å². The van der Waals surface area contributed by atoms with Crippen molar-refractivity contribution in [2.24, 2.45) is 0 Å². The van der Waals surface area contributed by atoms with Crippen molar-refractivity contribution in [1.82, 2.24) is 19.9 Å². The number of benzene rings is 3. The van der Waals surface area contributed by atoms with Gasteiger partial charge < -0.3 is 20.4 Å².